The highest BCUT2D eigenvalue weighted by Gasteiger charge is 2.23. The number of aromatic nitrogens is 1. The standard InChI is InChI=1S/C18H24N2O2/c1-11-8-13(3)14-10-17(19-16(14)9-11)22-18(21)20-15-7-5-4-6-12(15)2/h8-10,12,15,19H,4-7H2,1-3H3,(H,20,21)/t12-,15+/m0/s1. The number of fused-ring (bicyclic) bond motifs is 1. The second-order valence-corrected chi connectivity index (χ2v) is 6.58. The molecule has 1 saturated carbocycles. The van der Waals surface area contributed by atoms with Gasteiger partial charge in [0.25, 0.3) is 0 Å². The number of rotatable bonds is 2. The van der Waals surface area contributed by atoms with Crippen molar-refractivity contribution in [2.24, 2.45) is 5.92 Å². The summed E-state index contributed by atoms with van der Waals surface area (Å²) in [7, 11) is 0. The van der Waals surface area contributed by atoms with Gasteiger partial charge in [-0.2, -0.15) is 0 Å². The average Bonchev–Trinajstić information content (AvgIpc) is 2.84. The first-order chi connectivity index (χ1) is 10.5. The van der Waals surface area contributed by atoms with E-state index in [1.54, 1.807) is 0 Å². The topological polar surface area (TPSA) is 54.1 Å². The van der Waals surface area contributed by atoms with E-state index >= 15 is 0 Å². The number of amides is 1. The van der Waals surface area contributed by atoms with E-state index in [9.17, 15) is 4.79 Å². The Morgan fingerprint density at radius 1 is 1.23 bits per heavy atom. The normalized spacial score (nSPS) is 21.8. The maximum atomic E-state index is 12.1. The fourth-order valence-corrected chi connectivity index (χ4v) is 3.44. The Morgan fingerprint density at radius 2 is 2.00 bits per heavy atom. The van der Waals surface area contributed by atoms with Crippen molar-refractivity contribution in [2.45, 2.75) is 52.5 Å². The fraction of sp³-hybridized carbons (Fsp3) is 0.500. The highest BCUT2D eigenvalue weighted by atomic mass is 16.6. The second kappa shape index (κ2) is 6.03. The van der Waals surface area contributed by atoms with E-state index in [0.717, 1.165) is 17.3 Å². The number of ether oxygens (including phenoxy) is 1. The Bertz CT molecular complexity index is 690. The van der Waals surface area contributed by atoms with Crippen LogP contribution in [0.5, 0.6) is 5.88 Å². The van der Waals surface area contributed by atoms with E-state index in [-0.39, 0.29) is 12.1 Å². The molecule has 1 amide bonds. The zero-order chi connectivity index (χ0) is 15.7. The van der Waals surface area contributed by atoms with Gasteiger partial charge >= 0.3 is 6.09 Å². The summed E-state index contributed by atoms with van der Waals surface area (Å²) in [5.74, 6) is 1.03. The van der Waals surface area contributed by atoms with Crippen molar-refractivity contribution in [3.8, 4) is 5.88 Å². The molecule has 1 aliphatic rings. The predicted octanol–water partition coefficient (Wildman–Crippen LogP) is 4.45. The summed E-state index contributed by atoms with van der Waals surface area (Å²) in [4.78, 5) is 15.3. The van der Waals surface area contributed by atoms with Crippen LogP contribution in [0, 0.1) is 19.8 Å². The third-order valence-electron chi connectivity index (χ3n) is 4.68. The summed E-state index contributed by atoms with van der Waals surface area (Å²) < 4.78 is 5.44. The number of nitrogens with one attached hydrogen (secondary N) is 2. The molecule has 2 atom stereocenters. The quantitative estimate of drug-likeness (QED) is 0.860. The molecule has 2 N–H and O–H groups in total. The largest absolute Gasteiger partial charge is 0.414 e. The number of hydrogen-bond donors (Lipinski definition) is 2. The smallest absolute Gasteiger partial charge is 0.393 e. The summed E-state index contributed by atoms with van der Waals surface area (Å²) in [5.41, 5.74) is 3.38. The third-order valence-corrected chi connectivity index (χ3v) is 4.68. The van der Waals surface area contributed by atoms with Crippen LogP contribution in [0.3, 0.4) is 0 Å². The van der Waals surface area contributed by atoms with E-state index in [0.29, 0.717) is 11.8 Å². The molecule has 1 aromatic heterocycles. The van der Waals surface area contributed by atoms with E-state index in [1.165, 1.54) is 30.4 Å². The van der Waals surface area contributed by atoms with Crippen LogP contribution in [0.4, 0.5) is 4.79 Å². The molecule has 0 spiro atoms. The summed E-state index contributed by atoms with van der Waals surface area (Å²) in [6.07, 6.45) is 4.30. The Labute approximate surface area is 131 Å². The van der Waals surface area contributed by atoms with Gasteiger partial charge in [0, 0.05) is 23.0 Å². The van der Waals surface area contributed by atoms with Gasteiger partial charge in [-0.15, -0.1) is 0 Å². The van der Waals surface area contributed by atoms with Gasteiger partial charge in [-0.1, -0.05) is 25.8 Å². The lowest BCUT2D eigenvalue weighted by Gasteiger charge is -2.28. The highest BCUT2D eigenvalue weighted by Crippen LogP contribution is 2.26. The van der Waals surface area contributed by atoms with Crippen LogP contribution in [0.15, 0.2) is 18.2 Å². The number of aromatic amines is 1. The first-order valence-electron chi connectivity index (χ1n) is 8.11. The van der Waals surface area contributed by atoms with Crippen LogP contribution >= 0.6 is 0 Å². The zero-order valence-corrected chi connectivity index (χ0v) is 13.5. The predicted molar refractivity (Wildman–Crippen MR) is 88.4 cm³/mol. The van der Waals surface area contributed by atoms with Crippen molar-refractivity contribution in [1.82, 2.24) is 10.3 Å². The van der Waals surface area contributed by atoms with E-state index < -0.39 is 0 Å². The molecular weight excluding hydrogens is 276 g/mol. The highest BCUT2D eigenvalue weighted by molar-refractivity contribution is 5.86. The van der Waals surface area contributed by atoms with Gasteiger partial charge in [-0.3, -0.25) is 0 Å². The third kappa shape index (κ3) is 3.11. The summed E-state index contributed by atoms with van der Waals surface area (Å²) in [6, 6.07) is 6.32. The Kier molecular flexibility index (Phi) is 4.10. The number of benzene rings is 1. The molecule has 1 heterocycles. The number of H-pyrrole nitrogens is 1. The van der Waals surface area contributed by atoms with Gasteiger partial charge in [0.05, 0.1) is 0 Å². The van der Waals surface area contributed by atoms with Gasteiger partial charge in [-0.25, -0.2) is 4.79 Å². The van der Waals surface area contributed by atoms with Crippen LogP contribution in [-0.4, -0.2) is 17.1 Å². The lowest BCUT2D eigenvalue weighted by Crippen LogP contribution is -2.42. The molecule has 118 valence electrons. The summed E-state index contributed by atoms with van der Waals surface area (Å²) in [6.45, 7) is 6.32. The molecule has 1 fully saturated rings. The molecule has 1 aliphatic carbocycles. The van der Waals surface area contributed by atoms with E-state index in [2.05, 4.69) is 43.2 Å². The molecule has 4 heteroatoms. The average molecular weight is 300 g/mol. The van der Waals surface area contributed by atoms with Crippen molar-refractivity contribution in [2.75, 3.05) is 0 Å². The molecule has 0 unspecified atom stereocenters. The van der Waals surface area contributed by atoms with Crippen LogP contribution in [-0.2, 0) is 0 Å². The minimum absolute atomic E-state index is 0.231. The van der Waals surface area contributed by atoms with Crippen molar-refractivity contribution >= 4 is 17.0 Å². The van der Waals surface area contributed by atoms with Gasteiger partial charge in [0.2, 0.25) is 5.88 Å². The van der Waals surface area contributed by atoms with Crippen LogP contribution in [0.2, 0.25) is 0 Å². The molecule has 2 aromatic rings. The van der Waals surface area contributed by atoms with E-state index in [1.807, 2.05) is 6.07 Å². The fourth-order valence-electron chi connectivity index (χ4n) is 3.44. The maximum Gasteiger partial charge on any atom is 0.414 e. The van der Waals surface area contributed by atoms with Crippen molar-refractivity contribution in [1.29, 1.82) is 0 Å². The maximum absolute atomic E-state index is 12.1. The monoisotopic (exact) mass is 300 g/mol. The van der Waals surface area contributed by atoms with Crippen LogP contribution in [0.1, 0.15) is 43.7 Å². The van der Waals surface area contributed by atoms with Crippen LogP contribution < -0.4 is 10.1 Å². The van der Waals surface area contributed by atoms with Gasteiger partial charge < -0.3 is 15.0 Å². The van der Waals surface area contributed by atoms with Crippen molar-refractivity contribution < 1.29 is 9.53 Å². The Hall–Kier alpha value is -1.97. The van der Waals surface area contributed by atoms with E-state index in [4.69, 9.17) is 4.74 Å². The molecule has 0 aliphatic heterocycles. The minimum Gasteiger partial charge on any atom is -0.393 e. The van der Waals surface area contributed by atoms with Gasteiger partial charge in [0.1, 0.15) is 0 Å². The molecule has 4 nitrogen and oxygen atoms in total. The molecule has 0 radical (unpaired) electrons. The number of hydrogen-bond acceptors (Lipinski definition) is 2. The molecular formula is C18H24N2O2. The Balaban J connectivity index is 1.70. The van der Waals surface area contributed by atoms with Crippen molar-refractivity contribution in [3.63, 3.8) is 0 Å². The first-order valence-corrected chi connectivity index (χ1v) is 8.11. The number of carbonyl (C=O) groups is 1. The number of carbonyl (C=O) groups excluding carboxylic acids is 1. The summed E-state index contributed by atoms with van der Waals surface area (Å²) >= 11 is 0. The lowest BCUT2D eigenvalue weighted by atomic mass is 9.86. The molecule has 3 rings (SSSR count). The number of aryl methyl sites for hydroxylation is 2. The lowest BCUT2D eigenvalue weighted by molar-refractivity contribution is 0.182. The first kappa shape index (κ1) is 14.9. The molecule has 22 heavy (non-hydrogen) atoms. The van der Waals surface area contributed by atoms with Crippen molar-refractivity contribution in [3.05, 3.63) is 29.3 Å². The van der Waals surface area contributed by atoms with Crippen LogP contribution in [0.25, 0.3) is 10.9 Å². The zero-order valence-electron chi connectivity index (χ0n) is 13.5. The molecule has 1 aromatic carbocycles. The van der Waals surface area contributed by atoms with Gasteiger partial charge in [0.15, 0.2) is 0 Å². The molecule has 0 bridgehead atoms. The molecule has 0 saturated heterocycles. The van der Waals surface area contributed by atoms with Gasteiger partial charge in [-0.05, 0) is 49.8 Å². The summed E-state index contributed by atoms with van der Waals surface area (Å²) in [5, 5.41) is 4.10. The SMILES string of the molecule is Cc1cc(C)c2cc(OC(=O)N[C@@H]3CCCC[C@@H]3C)[nH]c2c1. The Morgan fingerprint density at radius 3 is 2.77 bits per heavy atom. The minimum atomic E-state index is -0.361. The second-order valence-electron chi connectivity index (χ2n) is 6.58.